The number of nitrogens with zero attached hydrogens (tertiary/aromatic N) is 1. The molecule has 0 saturated heterocycles. The van der Waals surface area contributed by atoms with E-state index in [0.29, 0.717) is 0 Å². The molecule has 3 heteroatoms. The normalized spacial score (nSPS) is 11.8. The Kier molecular flexibility index (Phi) is 7.91. The second-order valence-electron chi connectivity index (χ2n) is 16.4. The van der Waals surface area contributed by atoms with Crippen molar-refractivity contribution in [2.24, 2.45) is 0 Å². The quantitative estimate of drug-likeness (QED) is 0.157. The van der Waals surface area contributed by atoms with E-state index in [0.717, 1.165) is 94.3 Å². The predicted octanol–water partition coefficient (Wildman–Crippen LogP) is 17.4. The zero-order valence-corrected chi connectivity index (χ0v) is 34.1. The highest BCUT2D eigenvalue weighted by atomic mass is 16.3. The van der Waals surface area contributed by atoms with Crippen molar-refractivity contribution in [2.75, 3.05) is 4.90 Å². The fraction of sp³-hybridized carbons (Fsp3) is 0. The molecule has 11 aromatic carbocycles. The van der Waals surface area contributed by atoms with Crippen LogP contribution in [0.2, 0.25) is 0 Å². The highest BCUT2D eigenvalue weighted by molar-refractivity contribution is 6.29. The van der Waals surface area contributed by atoms with E-state index in [9.17, 15) is 0 Å². The fourth-order valence-electron chi connectivity index (χ4n) is 9.98. The maximum atomic E-state index is 7.04. The number of benzene rings is 11. The van der Waals surface area contributed by atoms with Crippen LogP contribution in [-0.4, -0.2) is 0 Å². The Morgan fingerprint density at radius 3 is 1.35 bits per heavy atom. The summed E-state index contributed by atoms with van der Waals surface area (Å²) in [5, 5.41) is 11.8. The van der Waals surface area contributed by atoms with Gasteiger partial charge in [-0.1, -0.05) is 158 Å². The molecule has 0 amide bonds. The Balaban J connectivity index is 0.982. The molecule has 2 aromatic heterocycles. The Morgan fingerprint density at radius 1 is 0.270 bits per heavy atom. The van der Waals surface area contributed by atoms with Crippen LogP contribution < -0.4 is 4.90 Å². The van der Waals surface area contributed by atoms with Crippen LogP contribution in [0.15, 0.2) is 233 Å². The lowest BCUT2D eigenvalue weighted by Crippen LogP contribution is -2.09. The zero-order valence-electron chi connectivity index (χ0n) is 34.1. The highest BCUT2D eigenvalue weighted by Gasteiger charge is 2.22. The monoisotopic (exact) mass is 803 g/mol. The van der Waals surface area contributed by atoms with Crippen LogP contribution in [-0.2, 0) is 0 Å². The minimum absolute atomic E-state index is 0.844. The molecule has 0 aliphatic rings. The number of fused-ring (bicyclic) bond motifs is 13. The standard InChI is InChI=1S/C60H37NO2/c1-3-13-42(14-4-1)61(43-15-5-2-6-16-43)44-30-27-39(28-31-44)38-23-25-40(26-24-38)45-33-34-52-59-56(36-35-55-58(59)51-21-11-12-22-54(51)62-55)63-60(52)57(45)41-29-32-50-48-19-8-7-17-46(48)47-18-9-10-20-49(47)53(50)37-41/h1-37H. The Labute approximate surface area is 363 Å². The molecule has 2 heterocycles. The van der Waals surface area contributed by atoms with Crippen molar-refractivity contribution < 1.29 is 8.83 Å². The van der Waals surface area contributed by atoms with Gasteiger partial charge in [-0.2, -0.15) is 0 Å². The van der Waals surface area contributed by atoms with Gasteiger partial charge in [0.15, 0.2) is 0 Å². The summed E-state index contributed by atoms with van der Waals surface area (Å²) in [4.78, 5) is 2.29. The summed E-state index contributed by atoms with van der Waals surface area (Å²) in [6.07, 6.45) is 0. The maximum Gasteiger partial charge on any atom is 0.143 e. The molecule has 0 aliphatic heterocycles. The molecule has 294 valence electrons. The van der Waals surface area contributed by atoms with Gasteiger partial charge in [-0.3, -0.25) is 0 Å². The molecule has 0 atom stereocenters. The lowest BCUT2D eigenvalue weighted by atomic mass is 9.88. The number of hydrogen-bond acceptors (Lipinski definition) is 3. The third-order valence-corrected chi connectivity index (χ3v) is 12.9. The van der Waals surface area contributed by atoms with Crippen molar-refractivity contribution in [2.45, 2.75) is 0 Å². The van der Waals surface area contributed by atoms with Crippen LogP contribution in [0.25, 0.3) is 110 Å². The summed E-state index contributed by atoms with van der Waals surface area (Å²) in [5.74, 6) is 0. The summed E-state index contributed by atoms with van der Waals surface area (Å²) in [6.45, 7) is 0. The van der Waals surface area contributed by atoms with Gasteiger partial charge in [0.1, 0.15) is 22.3 Å². The van der Waals surface area contributed by atoms with E-state index >= 15 is 0 Å². The first-order chi connectivity index (χ1) is 31.2. The summed E-state index contributed by atoms with van der Waals surface area (Å²) in [5.41, 5.74) is 13.5. The van der Waals surface area contributed by atoms with Crippen molar-refractivity contribution in [3.05, 3.63) is 224 Å². The van der Waals surface area contributed by atoms with Gasteiger partial charge in [-0.25, -0.2) is 0 Å². The average molecular weight is 804 g/mol. The largest absolute Gasteiger partial charge is 0.456 e. The minimum atomic E-state index is 0.844. The molecule has 0 aliphatic carbocycles. The summed E-state index contributed by atoms with van der Waals surface area (Å²) >= 11 is 0. The predicted molar refractivity (Wildman–Crippen MR) is 265 cm³/mol. The topological polar surface area (TPSA) is 29.5 Å². The molecule has 0 fully saturated rings. The molecular formula is C60H37NO2. The molecular weight excluding hydrogens is 767 g/mol. The van der Waals surface area contributed by atoms with Crippen molar-refractivity contribution in [1.29, 1.82) is 0 Å². The molecule has 0 radical (unpaired) electrons. The van der Waals surface area contributed by atoms with Crippen molar-refractivity contribution in [3.8, 4) is 33.4 Å². The third-order valence-electron chi connectivity index (χ3n) is 12.9. The molecule has 0 N–H and O–H groups in total. The summed E-state index contributed by atoms with van der Waals surface area (Å²) in [7, 11) is 0. The first-order valence-electron chi connectivity index (χ1n) is 21.5. The van der Waals surface area contributed by atoms with Crippen LogP contribution in [0.1, 0.15) is 0 Å². The van der Waals surface area contributed by atoms with Gasteiger partial charge >= 0.3 is 0 Å². The first-order valence-corrected chi connectivity index (χ1v) is 21.5. The zero-order chi connectivity index (χ0) is 41.4. The van der Waals surface area contributed by atoms with Crippen LogP contribution in [0, 0.1) is 0 Å². The Hall–Kier alpha value is -8.40. The number of hydrogen-bond donors (Lipinski definition) is 0. The number of anilines is 3. The SMILES string of the molecule is c1ccc(N(c2ccccc2)c2ccc(-c3ccc(-c4ccc5c(oc6ccc7oc8ccccc8c7c65)c4-c4ccc5c6ccccc6c6ccccc6c5c4)cc3)cc2)cc1. The molecule has 13 aromatic rings. The number of rotatable bonds is 6. The number of furan rings is 2. The second kappa shape index (κ2) is 14.1. The van der Waals surface area contributed by atoms with E-state index in [1.165, 1.54) is 32.3 Å². The minimum Gasteiger partial charge on any atom is -0.456 e. The van der Waals surface area contributed by atoms with E-state index in [2.05, 4.69) is 211 Å². The number of para-hydroxylation sites is 3. The summed E-state index contributed by atoms with van der Waals surface area (Å²) in [6, 6.07) is 80.3. The van der Waals surface area contributed by atoms with Gasteiger partial charge in [0.05, 0.1) is 0 Å². The lowest BCUT2D eigenvalue weighted by Gasteiger charge is -2.25. The summed E-state index contributed by atoms with van der Waals surface area (Å²) < 4.78 is 13.4. The van der Waals surface area contributed by atoms with Gasteiger partial charge < -0.3 is 13.7 Å². The molecule has 0 bridgehead atoms. The van der Waals surface area contributed by atoms with Gasteiger partial charge in [-0.05, 0) is 127 Å². The van der Waals surface area contributed by atoms with Gasteiger partial charge in [0.2, 0.25) is 0 Å². The molecule has 0 spiro atoms. The van der Waals surface area contributed by atoms with Crippen LogP contribution in [0.4, 0.5) is 17.1 Å². The van der Waals surface area contributed by atoms with Crippen molar-refractivity contribution >= 4 is 93.3 Å². The molecule has 0 saturated carbocycles. The third kappa shape index (κ3) is 5.60. The fourth-order valence-corrected chi connectivity index (χ4v) is 9.98. The smallest absolute Gasteiger partial charge is 0.143 e. The van der Waals surface area contributed by atoms with Crippen molar-refractivity contribution in [3.63, 3.8) is 0 Å². The lowest BCUT2D eigenvalue weighted by molar-refractivity contribution is 0.663. The van der Waals surface area contributed by atoms with Crippen LogP contribution in [0.5, 0.6) is 0 Å². The van der Waals surface area contributed by atoms with Gasteiger partial charge in [0, 0.05) is 44.2 Å². The Bertz CT molecular complexity index is 3810. The first kappa shape index (κ1) is 35.4. The molecule has 0 unspecified atom stereocenters. The highest BCUT2D eigenvalue weighted by Crippen LogP contribution is 2.47. The molecule has 63 heavy (non-hydrogen) atoms. The second-order valence-corrected chi connectivity index (χ2v) is 16.4. The van der Waals surface area contributed by atoms with E-state index in [1.807, 2.05) is 18.2 Å². The van der Waals surface area contributed by atoms with Gasteiger partial charge in [0.25, 0.3) is 0 Å². The maximum absolute atomic E-state index is 7.04. The average Bonchev–Trinajstić information content (AvgIpc) is 3.93. The van der Waals surface area contributed by atoms with E-state index in [4.69, 9.17) is 8.83 Å². The van der Waals surface area contributed by atoms with E-state index in [-0.39, 0.29) is 0 Å². The van der Waals surface area contributed by atoms with Crippen LogP contribution >= 0.6 is 0 Å². The van der Waals surface area contributed by atoms with Crippen molar-refractivity contribution in [1.82, 2.24) is 0 Å². The molecule has 3 nitrogen and oxygen atoms in total. The molecule has 13 rings (SSSR count). The van der Waals surface area contributed by atoms with E-state index < -0.39 is 0 Å². The Morgan fingerprint density at radius 2 is 0.714 bits per heavy atom. The van der Waals surface area contributed by atoms with Crippen LogP contribution in [0.3, 0.4) is 0 Å². The van der Waals surface area contributed by atoms with E-state index in [1.54, 1.807) is 0 Å². The van der Waals surface area contributed by atoms with Gasteiger partial charge in [-0.15, -0.1) is 0 Å².